The molecule has 0 fully saturated rings. The van der Waals surface area contributed by atoms with Gasteiger partial charge in [0.25, 0.3) is 0 Å². The van der Waals surface area contributed by atoms with Crippen molar-refractivity contribution in [2.45, 2.75) is 45.5 Å². The van der Waals surface area contributed by atoms with Gasteiger partial charge < -0.3 is 19.6 Å². The van der Waals surface area contributed by atoms with Crippen molar-refractivity contribution in [1.82, 2.24) is 15.0 Å². The smallest absolute Gasteiger partial charge is 0.152 e. The fraction of sp³-hybridized carbons (Fsp3) is 0.381. The zero-order valence-corrected chi connectivity index (χ0v) is 17.3. The maximum atomic E-state index is 9.64. The number of furan rings is 1. The van der Waals surface area contributed by atoms with Crippen LogP contribution in [0, 0.1) is 0 Å². The third-order valence-corrected chi connectivity index (χ3v) is 6.23. The molecule has 0 saturated carbocycles. The zero-order valence-electron chi connectivity index (χ0n) is 16.5. The molecule has 5 heterocycles. The van der Waals surface area contributed by atoms with Gasteiger partial charge in [-0.2, -0.15) is 0 Å². The van der Waals surface area contributed by atoms with Crippen molar-refractivity contribution in [3.05, 3.63) is 35.9 Å². The van der Waals surface area contributed by atoms with Crippen molar-refractivity contribution in [2.24, 2.45) is 0 Å². The quantitative estimate of drug-likeness (QED) is 0.522. The maximum absolute atomic E-state index is 9.64. The Morgan fingerprint density at radius 2 is 2.17 bits per heavy atom. The Morgan fingerprint density at radius 1 is 1.31 bits per heavy atom. The number of fused-ring (bicyclic) bond motifs is 5. The van der Waals surface area contributed by atoms with Gasteiger partial charge in [0.05, 0.1) is 34.8 Å². The Bertz CT molecular complexity index is 1200. The number of hydrogen-bond donors (Lipinski definition) is 2. The molecular formula is C21H22N4O3S. The molecule has 0 aromatic carbocycles. The van der Waals surface area contributed by atoms with Gasteiger partial charge in [-0.15, -0.1) is 11.3 Å². The summed E-state index contributed by atoms with van der Waals surface area (Å²) in [5.41, 5.74) is 3.72. The van der Waals surface area contributed by atoms with Crippen LogP contribution >= 0.6 is 11.3 Å². The number of aliphatic hydroxyl groups is 1. The first-order valence-corrected chi connectivity index (χ1v) is 10.4. The van der Waals surface area contributed by atoms with Gasteiger partial charge >= 0.3 is 0 Å². The Kier molecular flexibility index (Phi) is 4.31. The maximum Gasteiger partial charge on any atom is 0.152 e. The number of aliphatic hydroxyl groups excluding tert-OH is 1. The Labute approximate surface area is 171 Å². The van der Waals surface area contributed by atoms with Gasteiger partial charge in [-0.1, -0.05) is 0 Å². The Hall–Kier alpha value is -2.55. The molecule has 4 aromatic rings. The average Bonchev–Trinajstić information content (AvgIpc) is 3.32. The number of hydrogen-bond acceptors (Lipinski definition) is 8. The van der Waals surface area contributed by atoms with E-state index in [4.69, 9.17) is 14.1 Å². The SMILES string of the molecule is C[C@H](O)CNc1ncnc2c1sc1nc(-c3ccco3)c3c(c12)CC(C)(C)OC3. The van der Waals surface area contributed by atoms with E-state index in [-0.39, 0.29) is 5.60 Å². The number of rotatable bonds is 4. The van der Waals surface area contributed by atoms with Gasteiger partial charge in [0.1, 0.15) is 22.7 Å². The lowest BCUT2D eigenvalue weighted by Crippen LogP contribution is -2.32. The van der Waals surface area contributed by atoms with Crippen molar-refractivity contribution < 1.29 is 14.3 Å². The van der Waals surface area contributed by atoms with Crippen molar-refractivity contribution in [2.75, 3.05) is 11.9 Å². The van der Waals surface area contributed by atoms with E-state index in [9.17, 15) is 5.11 Å². The summed E-state index contributed by atoms with van der Waals surface area (Å²) in [5, 5.41) is 13.9. The molecule has 0 radical (unpaired) electrons. The predicted octanol–water partition coefficient (Wildman–Crippen LogP) is 4.14. The fourth-order valence-corrected chi connectivity index (χ4v) is 4.92. The molecule has 7 nitrogen and oxygen atoms in total. The molecule has 0 unspecified atom stereocenters. The first-order valence-electron chi connectivity index (χ1n) is 9.62. The minimum atomic E-state index is -0.469. The van der Waals surface area contributed by atoms with E-state index in [0.717, 1.165) is 49.7 Å². The lowest BCUT2D eigenvalue weighted by atomic mass is 9.89. The molecule has 5 rings (SSSR count). The van der Waals surface area contributed by atoms with Crippen LogP contribution in [-0.2, 0) is 17.8 Å². The normalized spacial score (nSPS) is 16.8. The molecule has 1 aliphatic heterocycles. The van der Waals surface area contributed by atoms with E-state index >= 15 is 0 Å². The van der Waals surface area contributed by atoms with E-state index in [0.29, 0.717) is 13.2 Å². The first-order chi connectivity index (χ1) is 13.9. The van der Waals surface area contributed by atoms with Crippen molar-refractivity contribution >= 4 is 37.6 Å². The molecule has 1 atom stereocenters. The highest BCUT2D eigenvalue weighted by Crippen LogP contribution is 2.44. The van der Waals surface area contributed by atoms with E-state index < -0.39 is 6.10 Å². The van der Waals surface area contributed by atoms with Gasteiger partial charge in [-0.05, 0) is 38.5 Å². The Morgan fingerprint density at radius 3 is 2.93 bits per heavy atom. The van der Waals surface area contributed by atoms with Crippen LogP contribution in [0.15, 0.2) is 29.1 Å². The van der Waals surface area contributed by atoms with Gasteiger partial charge in [-0.25, -0.2) is 15.0 Å². The molecule has 0 aliphatic carbocycles. The number of nitrogens with zero attached hydrogens (tertiary/aromatic N) is 3. The van der Waals surface area contributed by atoms with Crippen molar-refractivity contribution in [3.63, 3.8) is 0 Å². The van der Waals surface area contributed by atoms with Crippen LogP contribution < -0.4 is 5.32 Å². The van der Waals surface area contributed by atoms with E-state index in [1.54, 1.807) is 30.9 Å². The molecule has 4 aromatic heterocycles. The van der Waals surface area contributed by atoms with E-state index in [1.807, 2.05) is 12.1 Å². The lowest BCUT2D eigenvalue weighted by Gasteiger charge is -2.32. The minimum Gasteiger partial charge on any atom is -0.463 e. The van der Waals surface area contributed by atoms with Gasteiger partial charge in [0.2, 0.25) is 0 Å². The second-order valence-corrected chi connectivity index (χ2v) is 9.03. The van der Waals surface area contributed by atoms with Crippen LogP contribution in [0.25, 0.3) is 31.9 Å². The lowest BCUT2D eigenvalue weighted by molar-refractivity contribution is -0.0395. The number of aromatic nitrogens is 3. The van der Waals surface area contributed by atoms with Gasteiger partial charge in [0.15, 0.2) is 5.76 Å². The molecular weight excluding hydrogens is 388 g/mol. The third-order valence-electron chi connectivity index (χ3n) is 5.15. The molecule has 150 valence electrons. The fourth-order valence-electron chi connectivity index (χ4n) is 3.79. The Balaban J connectivity index is 1.79. The van der Waals surface area contributed by atoms with Crippen LogP contribution in [0.4, 0.5) is 5.82 Å². The second kappa shape index (κ2) is 6.76. The van der Waals surface area contributed by atoms with Gasteiger partial charge in [0, 0.05) is 23.9 Å². The summed E-state index contributed by atoms with van der Waals surface area (Å²) in [6.07, 6.45) is 3.52. The van der Waals surface area contributed by atoms with Crippen LogP contribution in [0.1, 0.15) is 31.9 Å². The van der Waals surface area contributed by atoms with E-state index in [2.05, 4.69) is 29.1 Å². The third kappa shape index (κ3) is 3.17. The van der Waals surface area contributed by atoms with Crippen LogP contribution in [0.3, 0.4) is 0 Å². The second-order valence-electron chi connectivity index (χ2n) is 8.03. The van der Waals surface area contributed by atoms with Crippen molar-refractivity contribution in [3.8, 4) is 11.5 Å². The number of nitrogens with one attached hydrogen (secondary N) is 1. The standard InChI is InChI=1S/C21H22N4O3S/c1-11(26)8-22-19-18-17(23-10-24-19)15-12-7-21(2,3)28-9-13(12)16(25-20(15)29-18)14-5-4-6-27-14/h4-6,10-11,26H,7-9H2,1-3H3,(H,22,23,24)/t11-/m0/s1. The molecule has 0 amide bonds. The molecule has 2 N–H and O–H groups in total. The summed E-state index contributed by atoms with van der Waals surface area (Å²) < 4.78 is 12.7. The highest BCUT2D eigenvalue weighted by molar-refractivity contribution is 7.26. The highest BCUT2D eigenvalue weighted by atomic mass is 32.1. The number of thiophene rings is 1. The summed E-state index contributed by atoms with van der Waals surface area (Å²) in [6.45, 7) is 6.86. The number of pyridine rings is 1. The van der Waals surface area contributed by atoms with Crippen LogP contribution in [-0.4, -0.2) is 38.3 Å². The summed E-state index contributed by atoms with van der Waals surface area (Å²) in [4.78, 5) is 14.8. The predicted molar refractivity (Wildman–Crippen MR) is 113 cm³/mol. The summed E-state index contributed by atoms with van der Waals surface area (Å²) in [5.74, 6) is 1.46. The molecule has 0 bridgehead atoms. The van der Waals surface area contributed by atoms with Crippen LogP contribution in [0.5, 0.6) is 0 Å². The molecule has 1 aliphatic rings. The molecule has 29 heavy (non-hydrogen) atoms. The van der Waals surface area contributed by atoms with Crippen molar-refractivity contribution in [1.29, 1.82) is 0 Å². The van der Waals surface area contributed by atoms with E-state index in [1.165, 1.54) is 5.56 Å². The van der Waals surface area contributed by atoms with Crippen LogP contribution in [0.2, 0.25) is 0 Å². The highest BCUT2D eigenvalue weighted by Gasteiger charge is 2.32. The summed E-state index contributed by atoms with van der Waals surface area (Å²) in [7, 11) is 0. The van der Waals surface area contributed by atoms with Gasteiger partial charge in [-0.3, -0.25) is 0 Å². The topological polar surface area (TPSA) is 93.3 Å². The average molecular weight is 410 g/mol. The molecule has 8 heteroatoms. The number of ether oxygens (including phenoxy) is 1. The number of anilines is 1. The summed E-state index contributed by atoms with van der Waals surface area (Å²) in [6, 6.07) is 3.80. The largest absolute Gasteiger partial charge is 0.463 e. The monoisotopic (exact) mass is 410 g/mol. The summed E-state index contributed by atoms with van der Waals surface area (Å²) >= 11 is 1.56. The molecule has 0 spiro atoms. The zero-order chi connectivity index (χ0) is 20.2. The molecule has 0 saturated heterocycles. The first kappa shape index (κ1) is 18.5. The minimum absolute atomic E-state index is 0.267.